The fourth-order valence-corrected chi connectivity index (χ4v) is 3.39. The molecule has 1 aromatic heterocycles. The van der Waals surface area contributed by atoms with Gasteiger partial charge < -0.3 is 5.11 Å². The van der Waals surface area contributed by atoms with Crippen molar-refractivity contribution in [2.45, 2.75) is 44.6 Å². The maximum absolute atomic E-state index is 9.88. The molecule has 1 aromatic rings. The van der Waals surface area contributed by atoms with Crippen LogP contribution in [0.2, 0.25) is 0 Å². The predicted octanol–water partition coefficient (Wildman–Crippen LogP) is 3.63. The SMILES string of the molecule is C=CCC(O)c1cc2c(s1)CCCCC2. The Morgan fingerprint density at radius 2 is 2.20 bits per heavy atom. The molecule has 1 unspecified atom stereocenters. The van der Waals surface area contributed by atoms with Crippen molar-refractivity contribution in [3.63, 3.8) is 0 Å². The first-order valence-corrected chi connectivity index (χ1v) is 6.53. The first-order chi connectivity index (χ1) is 7.31. The summed E-state index contributed by atoms with van der Waals surface area (Å²) in [6, 6.07) is 2.21. The van der Waals surface area contributed by atoms with E-state index in [1.54, 1.807) is 17.4 Å². The van der Waals surface area contributed by atoms with Gasteiger partial charge >= 0.3 is 0 Å². The summed E-state index contributed by atoms with van der Waals surface area (Å²) in [5.74, 6) is 0. The van der Waals surface area contributed by atoms with E-state index in [1.165, 1.54) is 42.5 Å². The minimum Gasteiger partial charge on any atom is -0.387 e. The molecule has 1 aliphatic carbocycles. The second-order valence-corrected chi connectivity index (χ2v) is 5.37. The molecule has 0 amide bonds. The summed E-state index contributed by atoms with van der Waals surface area (Å²) in [5.41, 5.74) is 1.48. The average Bonchev–Trinajstić information content (AvgIpc) is 2.51. The molecule has 0 bridgehead atoms. The Hall–Kier alpha value is -0.600. The van der Waals surface area contributed by atoms with E-state index in [0.29, 0.717) is 6.42 Å². The quantitative estimate of drug-likeness (QED) is 0.611. The molecule has 0 fully saturated rings. The van der Waals surface area contributed by atoms with E-state index >= 15 is 0 Å². The molecule has 1 heterocycles. The number of hydrogen-bond acceptors (Lipinski definition) is 2. The Kier molecular flexibility index (Phi) is 3.60. The standard InChI is InChI=1S/C13H18OS/c1-2-6-11(14)13-9-10-7-4-3-5-8-12(10)15-13/h2,9,11,14H,1,3-8H2. The molecule has 0 saturated carbocycles. The van der Waals surface area contributed by atoms with Crippen molar-refractivity contribution < 1.29 is 5.11 Å². The van der Waals surface area contributed by atoms with Crippen molar-refractivity contribution in [3.8, 4) is 0 Å². The van der Waals surface area contributed by atoms with Crippen molar-refractivity contribution in [1.29, 1.82) is 0 Å². The second-order valence-electron chi connectivity index (χ2n) is 4.20. The summed E-state index contributed by atoms with van der Waals surface area (Å²) in [6.45, 7) is 3.67. The summed E-state index contributed by atoms with van der Waals surface area (Å²) in [6.07, 6.45) is 8.50. The number of rotatable bonds is 3. The number of fused-ring (bicyclic) bond motifs is 1. The van der Waals surface area contributed by atoms with Gasteiger partial charge in [0.2, 0.25) is 0 Å². The van der Waals surface area contributed by atoms with Crippen LogP contribution in [-0.4, -0.2) is 5.11 Å². The van der Waals surface area contributed by atoms with Gasteiger partial charge in [-0.05, 0) is 43.7 Å². The lowest BCUT2D eigenvalue weighted by molar-refractivity contribution is 0.185. The zero-order valence-electron chi connectivity index (χ0n) is 9.04. The van der Waals surface area contributed by atoms with Crippen LogP contribution in [-0.2, 0) is 12.8 Å². The average molecular weight is 222 g/mol. The third kappa shape index (κ3) is 2.50. The van der Waals surface area contributed by atoms with Crippen LogP contribution < -0.4 is 0 Å². The lowest BCUT2D eigenvalue weighted by Crippen LogP contribution is -1.91. The largest absolute Gasteiger partial charge is 0.387 e. The van der Waals surface area contributed by atoms with Gasteiger partial charge in [0, 0.05) is 9.75 Å². The van der Waals surface area contributed by atoms with Gasteiger partial charge in [-0.15, -0.1) is 17.9 Å². The van der Waals surface area contributed by atoms with Crippen molar-refractivity contribution in [1.82, 2.24) is 0 Å². The van der Waals surface area contributed by atoms with Gasteiger partial charge in [0.25, 0.3) is 0 Å². The van der Waals surface area contributed by atoms with Crippen LogP contribution in [0.15, 0.2) is 18.7 Å². The van der Waals surface area contributed by atoms with E-state index in [9.17, 15) is 5.11 Å². The summed E-state index contributed by atoms with van der Waals surface area (Å²) in [4.78, 5) is 2.63. The van der Waals surface area contributed by atoms with Gasteiger partial charge in [-0.25, -0.2) is 0 Å². The highest BCUT2D eigenvalue weighted by atomic mass is 32.1. The van der Waals surface area contributed by atoms with Crippen LogP contribution >= 0.6 is 11.3 Å². The van der Waals surface area contributed by atoms with Gasteiger partial charge in [-0.1, -0.05) is 12.5 Å². The van der Waals surface area contributed by atoms with Gasteiger partial charge in [0.1, 0.15) is 0 Å². The maximum Gasteiger partial charge on any atom is 0.0916 e. The monoisotopic (exact) mass is 222 g/mol. The molecule has 0 aliphatic heterocycles. The fourth-order valence-electron chi connectivity index (χ4n) is 2.13. The van der Waals surface area contributed by atoms with Crippen LogP contribution in [0.4, 0.5) is 0 Å². The molecule has 1 N–H and O–H groups in total. The van der Waals surface area contributed by atoms with Gasteiger partial charge in [-0.3, -0.25) is 0 Å². The van der Waals surface area contributed by atoms with Crippen molar-refractivity contribution >= 4 is 11.3 Å². The molecule has 1 atom stereocenters. The topological polar surface area (TPSA) is 20.2 Å². The Balaban J connectivity index is 2.17. The number of thiophene rings is 1. The molecule has 0 radical (unpaired) electrons. The Bertz CT molecular complexity index is 317. The van der Waals surface area contributed by atoms with Crippen molar-refractivity contribution in [3.05, 3.63) is 34.0 Å². The van der Waals surface area contributed by atoms with Crippen molar-refractivity contribution in [2.24, 2.45) is 0 Å². The smallest absolute Gasteiger partial charge is 0.0916 e. The molecular formula is C13H18OS. The van der Waals surface area contributed by atoms with E-state index in [1.807, 2.05) is 0 Å². The van der Waals surface area contributed by atoms with E-state index in [2.05, 4.69) is 12.6 Å². The molecule has 0 saturated heterocycles. The molecule has 82 valence electrons. The highest BCUT2D eigenvalue weighted by Gasteiger charge is 2.15. The van der Waals surface area contributed by atoms with E-state index in [-0.39, 0.29) is 6.10 Å². The first kappa shape index (κ1) is 10.9. The first-order valence-electron chi connectivity index (χ1n) is 5.71. The second kappa shape index (κ2) is 4.95. The number of aliphatic hydroxyl groups is 1. The summed E-state index contributed by atoms with van der Waals surface area (Å²) >= 11 is 1.80. The minimum absolute atomic E-state index is 0.334. The molecule has 1 aliphatic rings. The molecule has 2 heteroatoms. The van der Waals surface area contributed by atoms with Crippen molar-refractivity contribution in [2.75, 3.05) is 0 Å². The number of aryl methyl sites for hydroxylation is 2. The van der Waals surface area contributed by atoms with E-state index < -0.39 is 0 Å². The number of aliphatic hydroxyl groups excluding tert-OH is 1. The molecule has 15 heavy (non-hydrogen) atoms. The molecular weight excluding hydrogens is 204 g/mol. The summed E-state index contributed by atoms with van der Waals surface area (Å²) < 4.78 is 0. The number of hydrogen-bond donors (Lipinski definition) is 1. The van der Waals surface area contributed by atoms with Gasteiger partial charge in [0.05, 0.1) is 6.10 Å². The molecule has 0 aromatic carbocycles. The summed E-state index contributed by atoms with van der Waals surface area (Å²) in [7, 11) is 0. The van der Waals surface area contributed by atoms with E-state index in [4.69, 9.17) is 0 Å². The lowest BCUT2D eigenvalue weighted by atomic mass is 10.1. The Labute approximate surface area is 95.5 Å². The third-order valence-electron chi connectivity index (χ3n) is 2.98. The predicted molar refractivity (Wildman–Crippen MR) is 65.4 cm³/mol. The lowest BCUT2D eigenvalue weighted by Gasteiger charge is -2.03. The van der Waals surface area contributed by atoms with Gasteiger partial charge in [0.15, 0.2) is 0 Å². The highest BCUT2D eigenvalue weighted by Crippen LogP contribution is 2.33. The van der Waals surface area contributed by atoms with Crippen LogP contribution in [0.1, 0.15) is 47.1 Å². The molecule has 1 nitrogen and oxygen atoms in total. The van der Waals surface area contributed by atoms with Crippen LogP contribution in [0.25, 0.3) is 0 Å². The minimum atomic E-state index is -0.334. The van der Waals surface area contributed by atoms with Crippen LogP contribution in [0.5, 0.6) is 0 Å². The third-order valence-corrected chi connectivity index (χ3v) is 4.32. The highest BCUT2D eigenvalue weighted by molar-refractivity contribution is 7.12. The zero-order chi connectivity index (χ0) is 10.7. The Morgan fingerprint density at radius 1 is 1.40 bits per heavy atom. The van der Waals surface area contributed by atoms with Crippen LogP contribution in [0.3, 0.4) is 0 Å². The Morgan fingerprint density at radius 3 is 3.00 bits per heavy atom. The fraction of sp³-hybridized carbons (Fsp3) is 0.538. The van der Waals surface area contributed by atoms with Crippen LogP contribution in [0, 0.1) is 0 Å². The maximum atomic E-state index is 9.88. The zero-order valence-corrected chi connectivity index (χ0v) is 9.85. The molecule has 2 rings (SSSR count). The van der Waals surface area contributed by atoms with E-state index in [0.717, 1.165) is 4.88 Å². The normalized spacial score (nSPS) is 17.9. The van der Waals surface area contributed by atoms with Gasteiger partial charge in [-0.2, -0.15) is 0 Å². The molecule has 0 spiro atoms. The summed E-state index contributed by atoms with van der Waals surface area (Å²) in [5, 5.41) is 9.88.